The summed E-state index contributed by atoms with van der Waals surface area (Å²) in [7, 11) is -3.73. The van der Waals surface area contributed by atoms with Gasteiger partial charge in [0.15, 0.2) is 5.13 Å². The Morgan fingerprint density at radius 2 is 2.00 bits per heavy atom. The van der Waals surface area contributed by atoms with Crippen LogP contribution < -0.4 is 16.0 Å². The molecule has 3 rings (SSSR count). The Bertz CT molecular complexity index is 708. The van der Waals surface area contributed by atoms with Crippen LogP contribution in [0.25, 0.3) is 0 Å². The van der Waals surface area contributed by atoms with Gasteiger partial charge in [-0.25, -0.2) is 29.2 Å². The number of anilines is 2. The lowest BCUT2D eigenvalue weighted by Crippen LogP contribution is -2.15. The molecule has 0 bridgehead atoms. The third-order valence-corrected chi connectivity index (χ3v) is 5.01. The number of nitrogens with two attached hydrogens (primary N) is 1. The minimum Gasteiger partial charge on any atom is -0.292 e. The molecule has 0 atom stereocenters. The highest BCUT2D eigenvalue weighted by molar-refractivity contribution is 7.93. The Hall–Kier alpha value is -1.78. The molecule has 0 radical (unpaired) electrons. The average Bonchev–Trinajstić information content (AvgIpc) is 3.20. The number of hydrogen-bond donors (Lipinski definition) is 3. The number of nitrogens with zero attached hydrogens (tertiary/aromatic N) is 3. The van der Waals surface area contributed by atoms with E-state index < -0.39 is 10.0 Å². The van der Waals surface area contributed by atoms with Crippen LogP contribution in [0.2, 0.25) is 0 Å². The molecule has 0 amide bonds. The lowest BCUT2D eigenvalue weighted by Gasteiger charge is -2.04. The summed E-state index contributed by atoms with van der Waals surface area (Å²) in [6.07, 6.45) is 4.61. The molecule has 1 aliphatic rings. The van der Waals surface area contributed by atoms with Gasteiger partial charge in [0.25, 0.3) is 10.0 Å². The number of aromatic nitrogens is 3. The maximum atomic E-state index is 12.1. The van der Waals surface area contributed by atoms with Gasteiger partial charge < -0.3 is 0 Å². The van der Waals surface area contributed by atoms with E-state index in [9.17, 15) is 8.42 Å². The predicted molar refractivity (Wildman–Crippen MR) is 74.7 cm³/mol. The number of sulfonamides is 1. The quantitative estimate of drug-likeness (QED) is 0.553. The molecule has 1 fully saturated rings. The highest BCUT2D eigenvalue weighted by Crippen LogP contribution is 2.41. The van der Waals surface area contributed by atoms with Crippen LogP contribution in [0.1, 0.15) is 24.5 Å². The summed E-state index contributed by atoms with van der Waals surface area (Å²) in [5.74, 6) is 5.76. The molecule has 10 heteroatoms. The molecule has 0 saturated heterocycles. The lowest BCUT2D eigenvalue weighted by molar-refractivity contribution is 0.600. The number of thiazole rings is 1. The topological polar surface area (TPSA) is 123 Å². The fourth-order valence-electron chi connectivity index (χ4n) is 1.60. The standard InChI is InChI=1S/C10H12N6O2S2/c11-15-9-12-3-7(4-13-9)20(17,18)16-10-14-8(5-19-10)6-1-2-6/h3-6H,1-2,11H2,(H,14,16)(H,12,13,15). The summed E-state index contributed by atoms with van der Waals surface area (Å²) in [6.45, 7) is 0. The molecule has 20 heavy (non-hydrogen) atoms. The van der Waals surface area contributed by atoms with E-state index in [0.29, 0.717) is 11.0 Å². The number of hydrogen-bond acceptors (Lipinski definition) is 8. The van der Waals surface area contributed by atoms with Gasteiger partial charge in [0.2, 0.25) is 5.95 Å². The first-order valence-corrected chi connectivity index (χ1v) is 8.21. The second-order valence-corrected chi connectivity index (χ2v) is 6.88. The van der Waals surface area contributed by atoms with Gasteiger partial charge in [0.1, 0.15) is 4.90 Å². The van der Waals surface area contributed by atoms with Crippen LogP contribution >= 0.6 is 11.3 Å². The Morgan fingerprint density at radius 3 is 2.60 bits per heavy atom. The van der Waals surface area contributed by atoms with E-state index in [0.717, 1.165) is 18.5 Å². The maximum Gasteiger partial charge on any atom is 0.266 e. The van der Waals surface area contributed by atoms with E-state index in [2.05, 4.69) is 25.1 Å². The SMILES string of the molecule is NNc1ncc(S(=O)(=O)Nc2nc(C3CC3)cs2)cn1. The van der Waals surface area contributed by atoms with Gasteiger partial charge in [0, 0.05) is 11.3 Å². The van der Waals surface area contributed by atoms with Gasteiger partial charge in [-0.15, -0.1) is 11.3 Å². The van der Waals surface area contributed by atoms with Crippen LogP contribution in [0, 0.1) is 0 Å². The molecule has 2 heterocycles. The first kappa shape index (κ1) is 13.2. The van der Waals surface area contributed by atoms with Crippen molar-refractivity contribution in [3.8, 4) is 0 Å². The molecule has 2 aromatic heterocycles. The molecule has 1 saturated carbocycles. The zero-order chi connectivity index (χ0) is 14.2. The zero-order valence-electron chi connectivity index (χ0n) is 10.3. The van der Waals surface area contributed by atoms with Crippen molar-refractivity contribution in [3.63, 3.8) is 0 Å². The molecule has 8 nitrogen and oxygen atoms in total. The Kier molecular flexibility index (Phi) is 3.28. The molecule has 1 aliphatic carbocycles. The number of rotatable bonds is 5. The lowest BCUT2D eigenvalue weighted by atomic mass is 10.3. The number of nitrogen functional groups attached to an aromatic ring is 1. The summed E-state index contributed by atoms with van der Waals surface area (Å²) in [5, 5.41) is 2.24. The zero-order valence-corrected chi connectivity index (χ0v) is 11.9. The van der Waals surface area contributed by atoms with Crippen LogP contribution in [0.15, 0.2) is 22.7 Å². The molecule has 0 aromatic carbocycles. The van der Waals surface area contributed by atoms with Crippen LogP contribution in [0.3, 0.4) is 0 Å². The number of nitrogens with one attached hydrogen (secondary N) is 2. The van der Waals surface area contributed by atoms with Gasteiger partial charge in [-0.2, -0.15) is 0 Å². The molecule has 0 spiro atoms. The summed E-state index contributed by atoms with van der Waals surface area (Å²) in [6, 6.07) is 0. The van der Waals surface area contributed by atoms with Crippen molar-refractivity contribution < 1.29 is 8.42 Å². The molecule has 0 unspecified atom stereocenters. The monoisotopic (exact) mass is 312 g/mol. The van der Waals surface area contributed by atoms with Crippen molar-refractivity contribution in [2.24, 2.45) is 5.84 Å². The van der Waals surface area contributed by atoms with Gasteiger partial charge in [-0.05, 0) is 12.8 Å². The van der Waals surface area contributed by atoms with E-state index in [-0.39, 0.29) is 10.8 Å². The largest absolute Gasteiger partial charge is 0.292 e. The van der Waals surface area contributed by atoms with Crippen molar-refractivity contribution in [2.45, 2.75) is 23.7 Å². The summed E-state index contributed by atoms with van der Waals surface area (Å²) >= 11 is 1.27. The van der Waals surface area contributed by atoms with Gasteiger partial charge in [-0.1, -0.05) is 0 Å². The van der Waals surface area contributed by atoms with E-state index in [4.69, 9.17) is 5.84 Å². The van der Waals surface area contributed by atoms with Crippen LogP contribution in [-0.2, 0) is 10.0 Å². The number of hydrazine groups is 1. The normalized spacial score (nSPS) is 15.1. The molecule has 4 N–H and O–H groups in total. The van der Waals surface area contributed by atoms with Crippen LogP contribution in [0.4, 0.5) is 11.1 Å². The Labute approximate surface area is 119 Å². The van der Waals surface area contributed by atoms with Crippen molar-refractivity contribution in [1.29, 1.82) is 0 Å². The molecule has 106 valence electrons. The van der Waals surface area contributed by atoms with Crippen LogP contribution in [0.5, 0.6) is 0 Å². The second kappa shape index (κ2) is 4.96. The highest BCUT2D eigenvalue weighted by Gasteiger charge is 2.27. The van der Waals surface area contributed by atoms with E-state index in [1.807, 2.05) is 5.38 Å². The van der Waals surface area contributed by atoms with Gasteiger partial charge in [-0.3, -0.25) is 10.1 Å². The van der Waals surface area contributed by atoms with Gasteiger partial charge >= 0.3 is 0 Å². The summed E-state index contributed by atoms with van der Waals surface area (Å²) in [5.41, 5.74) is 3.18. The van der Waals surface area contributed by atoms with Gasteiger partial charge in [0.05, 0.1) is 18.1 Å². The predicted octanol–water partition coefficient (Wildman–Crippen LogP) is 0.897. The minimum atomic E-state index is -3.73. The van der Waals surface area contributed by atoms with Crippen molar-refractivity contribution in [3.05, 3.63) is 23.5 Å². The molecular formula is C10H12N6O2S2. The van der Waals surface area contributed by atoms with Crippen LogP contribution in [-0.4, -0.2) is 23.4 Å². The Balaban J connectivity index is 1.79. The summed E-state index contributed by atoms with van der Waals surface area (Å²) < 4.78 is 26.7. The summed E-state index contributed by atoms with van der Waals surface area (Å²) in [4.78, 5) is 11.8. The third kappa shape index (κ3) is 2.71. The van der Waals surface area contributed by atoms with E-state index in [1.54, 1.807) is 0 Å². The molecule has 0 aliphatic heterocycles. The maximum absolute atomic E-state index is 12.1. The van der Waals surface area contributed by atoms with E-state index in [1.165, 1.54) is 23.7 Å². The molecular weight excluding hydrogens is 300 g/mol. The first-order chi connectivity index (χ1) is 9.58. The van der Waals surface area contributed by atoms with Crippen molar-refractivity contribution in [1.82, 2.24) is 15.0 Å². The first-order valence-electron chi connectivity index (χ1n) is 5.85. The van der Waals surface area contributed by atoms with Crippen molar-refractivity contribution in [2.75, 3.05) is 10.1 Å². The average molecular weight is 312 g/mol. The second-order valence-electron chi connectivity index (χ2n) is 4.34. The smallest absolute Gasteiger partial charge is 0.266 e. The third-order valence-electron chi connectivity index (χ3n) is 2.81. The molecule has 2 aromatic rings. The fourth-order valence-corrected chi connectivity index (χ4v) is 3.54. The van der Waals surface area contributed by atoms with Crippen molar-refractivity contribution >= 4 is 32.4 Å². The van der Waals surface area contributed by atoms with E-state index >= 15 is 0 Å². The Morgan fingerprint density at radius 1 is 1.30 bits per heavy atom. The minimum absolute atomic E-state index is 0.0420. The highest BCUT2D eigenvalue weighted by atomic mass is 32.2. The fraction of sp³-hybridized carbons (Fsp3) is 0.300.